The van der Waals surface area contributed by atoms with Crippen LogP contribution < -0.4 is 10.6 Å². The number of carbonyl (C=O) groups excluding carboxylic acids is 3. The molecule has 1 aliphatic rings. The Kier molecular flexibility index (Phi) is 12.4. The normalized spacial score (nSPS) is 19.4. The molecule has 0 aliphatic carbocycles. The minimum Gasteiger partial charge on any atom is -0.444 e. The van der Waals surface area contributed by atoms with Crippen molar-refractivity contribution in [1.29, 1.82) is 0 Å². The molecule has 0 bridgehead atoms. The first-order valence-electron chi connectivity index (χ1n) is 12.8. The summed E-state index contributed by atoms with van der Waals surface area (Å²) in [6.45, 7) is 17.0. The molecule has 7 nitrogen and oxygen atoms in total. The van der Waals surface area contributed by atoms with Gasteiger partial charge in [0, 0.05) is 18.9 Å². The number of alkyl carbamates (subject to hydrolysis) is 1. The minimum atomic E-state index is -0.513. The van der Waals surface area contributed by atoms with Crippen LogP contribution in [0.5, 0.6) is 0 Å². The van der Waals surface area contributed by atoms with Gasteiger partial charge >= 0.3 is 6.09 Å². The van der Waals surface area contributed by atoms with Crippen molar-refractivity contribution in [2.24, 2.45) is 23.7 Å². The third kappa shape index (κ3) is 12.4. The molecule has 0 spiro atoms. The molecule has 1 rings (SSSR count). The van der Waals surface area contributed by atoms with E-state index in [0.717, 1.165) is 32.3 Å². The van der Waals surface area contributed by atoms with E-state index in [4.69, 9.17) is 9.47 Å². The van der Waals surface area contributed by atoms with E-state index in [9.17, 15) is 14.4 Å². The van der Waals surface area contributed by atoms with Crippen LogP contribution >= 0.6 is 0 Å². The molecule has 0 saturated carbocycles. The number of hydrogen-bond acceptors (Lipinski definition) is 5. The van der Waals surface area contributed by atoms with Crippen molar-refractivity contribution in [3.8, 4) is 0 Å². The fraction of sp³-hybridized carbons (Fsp3) is 0.885. The smallest absolute Gasteiger partial charge is 0.407 e. The summed E-state index contributed by atoms with van der Waals surface area (Å²) in [5.74, 6) is 0.685. The van der Waals surface area contributed by atoms with Crippen LogP contribution in [0.2, 0.25) is 0 Å². The highest BCUT2D eigenvalue weighted by atomic mass is 16.6. The van der Waals surface area contributed by atoms with Crippen LogP contribution in [0.4, 0.5) is 4.79 Å². The molecule has 33 heavy (non-hydrogen) atoms. The zero-order chi connectivity index (χ0) is 25.2. The van der Waals surface area contributed by atoms with Crippen LogP contribution in [0.15, 0.2) is 0 Å². The first kappa shape index (κ1) is 29.4. The van der Waals surface area contributed by atoms with Crippen molar-refractivity contribution in [3.05, 3.63) is 0 Å². The number of hydrogen-bond donors (Lipinski definition) is 2. The lowest BCUT2D eigenvalue weighted by Gasteiger charge is -2.27. The van der Waals surface area contributed by atoms with Gasteiger partial charge in [-0.15, -0.1) is 0 Å². The third-order valence-corrected chi connectivity index (χ3v) is 6.16. The third-order valence-electron chi connectivity index (χ3n) is 6.16. The number of nitrogens with one attached hydrogen (secondary N) is 2. The van der Waals surface area contributed by atoms with E-state index in [0.29, 0.717) is 25.3 Å². The van der Waals surface area contributed by atoms with E-state index >= 15 is 0 Å². The Labute approximate surface area is 201 Å². The van der Waals surface area contributed by atoms with Gasteiger partial charge in [0.1, 0.15) is 5.60 Å². The van der Waals surface area contributed by atoms with Gasteiger partial charge < -0.3 is 20.1 Å². The molecule has 0 radical (unpaired) electrons. The monoisotopic (exact) mass is 468 g/mol. The number of ketones is 1. The standard InChI is InChI=1S/C26H48N2O5/c1-9-18(4)23(21(29)15-20(14-17(2)3)22-16-32-22)28-24(30)19(5)12-10-11-13-27-25(31)33-26(6,7)8/h17-20,22-23H,9-16H2,1-8H3,(H,27,31)(H,28,30)/t18?,19?,20?,22-,23-/m0/s1. The molecule has 2 amide bonds. The van der Waals surface area contributed by atoms with Crippen molar-refractivity contribution in [2.75, 3.05) is 13.2 Å². The molecular weight excluding hydrogens is 420 g/mol. The second-order valence-electron chi connectivity index (χ2n) is 11.1. The molecule has 7 heteroatoms. The van der Waals surface area contributed by atoms with Gasteiger partial charge in [0.25, 0.3) is 0 Å². The molecule has 1 heterocycles. The van der Waals surface area contributed by atoms with Gasteiger partial charge in [-0.1, -0.05) is 47.5 Å². The Morgan fingerprint density at radius 1 is 1.09 bits per heavy atom. The zero-order valence-corrected chi connectivity index (χ0v) is 22.2. The van der Waals surface area contributed by atoms with Crippen molar-refractivity contribution in [3.63, 3.8) is 0 Å². The van der Waals surface area contributed by atoms with Gasteiger partial charge in [-0.05, 0) is 57.8 Å². The summed E-state index contributed by atoms with van der Waals surface area (Å²) in [5.41, 5.74) is -0.513. The molecule has 0 aromatic rings. The lowest BCUT2D eigenvalue weighted by atomic mass is 9.85. The number of unbranched alkanes of at least 4 members (excludes halogenated alkanes) is 1. The highest BCUT2D eigenvalue weighted by molar-refractivity contribution is 5.90. The average molecular weight is 469 g/mol. The van der Waals surface area contributed by atoms with E-state index in [-0.39, 0.29) is 35.5 Å². The molecule has 0 aromatic heterocycles. The first-order chi connectivity index (χ1) is 15.3. The predicted molar refractivity (Wildman–Crippen MR) is 131 cm³/mol. The molecule has 1 aliphatic heterocycles. The Morgan fingerprint density at radius 2 is 1.73 bits per heavy atom. The second kappa shape index (κ2) is 13.9. The maximum atomic E-state index is 13.2. The fourth-order valence-corrected chi connectivity index (χ4v) is 3.97. The largest absolute Gasteiger partial charge is 0.444 e. The number of rotatable bonds is 15. The lowest BCUT2D eigenvalue weighted by Crippen LogP contribution is -2.47. The quantitative estimate of drug-likeness (QED) is 0.264. The molecule has 2 N–H and O–H groups in total. The Morgan fingerprint density at radius 3 is 2.24 bits per heavy atom. The highest BCUT2D eigenvalue weighted by Crippen LogP contribution is 2.30. The maximum Gasteiger partial charge on any atom is 0.407 e. The van der Waals surface area contributed by atoms with Crippen LogP contribution in [0.3, 0.4) is 0 Å². The minimum absolute atomic E-state index is 0.0724. The number of carbonyl (C=O) groups is 3. The highest BCUT2D eigenvalue weighted by Gasteiger charge is 2.37. The summed E-state index contributed by atoms with van der Waals surface area (Å²) in [5, 5.41) is 5.79. The Hall–Kier alpha value is -1.63. The molecule has 3 unspecified atom stereocenters. The van der Waals surface area contributed by atoms with E-state index in [1.165, 1.54) is 0 Å². The van der Waals surface area contributed by atoms with Gasteiger partial charge in [0.15, 0.2) is 5.78 Å². The number of amides is 2. The SMILES string of the molecule is CCC(C)[C@H](NC(=O)C(C)CCCCNC(=O)OC(C)(C)C)C(=O)CC(CC(C)C)[C@@H]1CO1. The molecule has 5 atom stereocenters. The Balaban J connectivity index is 2.48. The number of epoxide rings is 1. The lowest BCUT2D eigenvalue weighted by molar-refractivity contribution is -0.131. The first-order valence-corrected chi connectivity index (χ1v) is 12.8. The van der Waals surface area contributed by atoms with Crippen molar-refractivity contribution < 1.29 is 23.9 Å². The van der Waals surface area contributed by atoms with Crippen LogP contribution in [-0.4, -0.2) is 48.7 Å². The fourth-order valence-electron chi connectivity index (χ4n) is 3.97. The van der Waals surface area contributed by atoms with Gasteiger partial charge in [-0.3, -0.25) is 9.59 Å². The molecule has 1 fully saturated rings. The van der Waals surface area contributed by atoms with Gasteiger partial charge in [0.2, 0.25) is 5.91 Å². The van der Waals surface area contributed by atoms with Gasteiger partial charge in [-0.25, -0.2) is 4.79 Å². The van der Waals surface area contributed by atoms with Gasteiger partial charge in [-0.2, -0.15) is 0 Å². The van der Waals surface area contributed by atoms with Crippen LogP contribution in [0.25, 0.3) is 0 Å². The van der Waals surface area contributed by atoms with E-state index in [2.05, 4.69) is 24.5 Å². The van der Waals surface area contributed by atoms with Crippen molar-refractivity contribution in [2.45, 2.75) is 112 Å². The number of ether oxygens (including phenoxy) is 2. The average Bonchev–Trinajstić information content (AvgIpc) is 3.53. The summed E-state index contributed by atoms with van der Waals surface area (Å²) in [6.07, 6.45) is 4.30. The summed E-state index contributed by atoms with van der Waals surface area (Å²) in [7, 11) is 0. The van der Waals surface area contributed by atoms with Crippen molar-refractivity contribution >= 4 is 17.8 Å². The van der Waals surface area contributed by atoms with E-state index in [1.807, 2.05) is 41.5 Å². The van der Waals surface area contributed by atoms with Gasteiger partial charge in [0.05, 0.1) is 18.8 Å². The number of Topliss-reactive ketones (excluding diaryl/α,β-unsaturated/α-hetero) is 1. The molecule has 1 saturated heterocycles. The van der Waals surface area contributed by atoms with Crippen molar-refractivity contribution in [1.82, 2.24) is 10.6 Å². The molecule has 192 valence electrons. The molecular formula is C26H48N2O5. The van der Waals surface area contributed by atoms with Crippen LogP contribution in [0, 0.1) is 23.7 Å². The van der Waals surface area contributed by atoms with E-state index < -0.39 is 17.7 Å². The summed E-state index contributed by atoms with van der Waals surface area (Å²) < 4.78 is 10.7. The molecule has 0 aromatic carbocycles. The maximum absolute atomic E-state index is 13.2. The second-order valence-corrected chi connectivity index (χ2v) is 11.1. The van der Waals surface area contributed by atoms with Crippen LogP contribution in [0.1, 0.15) is 93.9 Å². The predicted octanol–water partition coefficient (Wildman–Crippen LogP) is 4.87. The topological polar surface area (TPSA) is 97.0 Å². The van der Waals surface area contributed by atoms with Crippen LogP contribution in [-0.2, 0) is 19.1 Å². The summed E-state index contributed by atoms with van der Waals surface area (Å²) in [6, 6.07) is -0.452. The Bertz CT molecular complexity index is 625. The van der Waals surface area contributed by atoms with E-state index in [1.54, 1.807) is 0 Å². The summed E-state index contributed by atoms with van der Waals surface area (Å²) in [4.78, 5) is 37.7. The summed E-state index contributed by atoms with van der Waals surface area (Å²) >= 11 is 0. The zero-order valence-electron chi connectivity index (χ0n) is 22.2.